The van der Waals surface area contributed by atoms with Crippen LogP contribution in [0.5, 0.6) is 5.75 Å². The number of piperidine rings is 1. The molecule has 0 aliphatic carbocycles. The Bertz CT molecular complexity index is 403. The second-order valence-electron chi connectivity index (χ2n) is 4.53. The molecule has 2 rings (SSSR count). The number of amides is 1. The van der Waals surface area contributed by atoms with Crippen LogP contribution in [0.25, 0.3) is 0 Å². The zero-order valence-electron chi connectivity index (χ0n) is 10.4. The molecule has 0 aromatic carbocycles. The smallest absolute Gasteiger partial charge is 0.273 e. The highest BCUT2D eigenvalue weighted by Gasteiger charge is 2.13. The normalized spacial score (nSPS) is 16.4. The Balaban J connectivity index is 1.76. The minimum absolute atomic E-state index is 0.0760. The number of likely N-dealkylation sites (tertiary alicyclic amines) is 1. The van der Waals surface area contributed by atoms with Gasteiger partial charge >= 0.3 is 0 Å². The zero-order chi connectivity index (χ0) is 12.8. The summed E-state index contributed by atoms with van der Waals surface area (Å²) in [6, 6.07) is 3.06. The van der Waals surface area contributed by atoms with Gasteiger partial charge in [0, 0.05) is 19.3 Å². The maximum absolute atomic E-state index is 11.8. The summed E-state index contributed by atoms with van der Waals surface area (Å²) in [6.07, 6.45) is 5.30. The molecular weight excluding hydrogens is 230 g/mol. The fourth-order valence-corrected chi connectivity index (χ4v) is 2.17. The number of carbonyl (C=O) groups excluding carboxylic acids is 1. The van der Waals surface area contributed by atoms with Crippen molar-refractivity contribution >= 4 is 5.91 Å². The highest BCUT2D eigenvalue weighted by molar-refractivity contribution is 5.94. The Labute approximate surface area is 107 Å². The number of aromatic hydroxyl groups is 1. The summed E-state index contributed by atoms with van der Waals surface area (Å²) in [5.41, 5.74) is 0.0937. The van der Waals surface area contributed by atoms with Crippen LogP contribution < -0.4 is 5.32 Å². The number of hydrogen-bond acceptors (Lipinski definition) is 4. The molecule has 2 N–H and O–H groups in total. The van der Waals surface area contributed by atoms with Crippen LogP contribution >= 0.6 is 0 Å². The summed E-state index contributed by atoms with van der Waals surface area (Å²) in [7, 11) is 0. The molecule has 1 aromatic heterocycles. The lowest BCUT2D eigenvalue weighted by molar-refractivity contribution is 0.0938. The molecule has 1 aliphatic heterocycles. The van der Waals surface area contributed by atoms with Gasteiger partial charge in [0.25, 0.3) is 5.91 Å². The van der Waals surface area contributed by atoms with Crippen LogP contribution in [-0.4, -0.2) is 47.1 Å². The minimum Gasteiger partial charge on any atom is -0.505 e. The van der Waals surface area contributed by atoms with Crippen LogP contribution in [0.2, 0.25) is 0 Å². The number of aromatic nitrogens is 1. The van der Waals surface area contributed by atoms with Gasteiger partial charge in [0.15, 0.2) is 5.69 Å². The van der Waals surface area contributed by atoms with Crippen molar-refractivity contribution in [2.45, 2.75) is 19.3 Å². The van der Waals surface area contributed by atoms with E-state index in [0.29, 0.717) is 6.54 Å². The van der Waals surface area contributed by atoms with Crippen molar-refractivity contribution in [1.82, 2.24) is 15.2 Å². The fraction of sp³-hybridized carbons (Fsp3) is 0.538. The molecule has 0 spiro atoms. The first-order valence-corrected chi connectivity index (χ1v) is 6.42. The molecule has 1 fully saturated rings. The molecule has 5 nitrogen and oxygen atoms in total. The van der Waals surface area contributed by atoms with E-state index in [-0.39, 0.29) is 17.4 Å². The predicted octanol–water partition coefficient (Wildman–Crippen LogP) is 1.00. The SMILES string of the molecule is O=C(NCCN1CCCCC1)c1ncccc1O. The number of rotatable bonds is 4. The number of nitrogens with zero attached hydrogens (tertiary/aromatic N) is 2. The highest BCUT2D eigenvalue weighted by atomic mass is 16.3. The van der Waals surface area contributed by atoms with E-state index in [0.717, 1.165) is 19.6 Å². The standard InChI is InChI=1S/C13H19N3O2/c17-11-5-4-6-14-12(11)13(18)15-7-10-16-8-2-1-3-9-16/h4-6,17H,1-3,7-10H2,(H,15,18). The van der Waals surface area contributed by atoms with Gasteiger partial charge in [-0.05, 0) is 38.1 Å². The second-order valence-corrected chi connectivity index (χ2v) is 4.53. The summed E-state index contributed by atoms with van der Waals surface area (Å²) in [4.78, 5) is 18.0. The van der Waals surface area contributed by atoms with E-state index in [1.54, 1.807) is 6.07 Å². The van der Waals surface area contributed by atoms with Crippen LogP contribution in [0.1, 0.15) is 29.8 Å². The monoisotopic (exact) mass is 249 g/mol. The molecule has 0 saturated carbocycles. The van der Waals surface area contributed by atoms with Crippen LogP contribution in [0.15, 0.2) is 18.3 Å². The molecule has 18 heavy (non-hydrogen) atoms. The number of carbonyl (C=O) groups is 1. The van der Waals surface area contributed by atoms with E-state index in [9.17, 15) is 9.90 Å². The van der Waals surface area contributed by atoms with E-state index in [4.69, 9.17) is 0 Å². The topological polar surface area (TPSA) is 65.5 Å². The minimum atomic E-state index is -0.315. The van der Waals surface area contributed by atoms with Crippen molar-refractivity contribution in [1.29, 1.82) is 0 Å². The third-order valence-electron chi connectivity index (χ3n) is 3.16. The Hall–Kier alpha value is -1.62. The van der Waals surface area contributed by atoms with Gasteiger partial charge in [-0.3, -0.25) is 4.79 Å². The summed E-state index contributed by atoms with van der Waals surface area (Å²) < 4.78 is 0. The summed E-state index contributed by atoms with van der Waals surface area (Å²) in [5, 5.41) is 12.3. The van der Waals surface area contributed by atoms with Gasteiger partial charge in [0.1, 0.15) is 5.75 Å². The highest BCUT2D eigenvalue weighted by Crippen LogP contribution is 2.12. The Kier molecular flexibility index (Phi) is 4.52. The van der Waals surface area contributed by atoms with Gasteiger partial charge in [0.2, 0.25) is 0 Å². The van der Waals surface area contributed by atoms with Gasteiger partial charge in [-0.25, -0.2) is 4.98 Å². The van der Waals surface area contributed by atoms with Gasteiger partial charge in [-0.15, -0.1) is 0 Å². The number of nitrogens with one attached hydrogen (secondary N) is 1. The summed E-state index contributed by atoms with van der Waals surface area (Å²) in [5.74, 6) is -0.391. The van der Waals surface area contributed by atoms with E-state index in [2.05, 4.69) is 15.2 Å². The van der Waals surface area contributed by atoms with E-state index in [1.165, 1.54) is 31.5 Å². The molecule has 0 bridgehead atoms. The molecule has 0 unspecified atom stereocenters. The summed E-state index contributed by atoms with van der Waals surface area (Å²) >= 11 is 0. The fourth-order valence-electron chi connectivity index (χ4n) is 2.17. The molecular formula is C13H19N3O2. The largest absolute Gasteiger partial charge is 0.505 e. The summed E-state index contributed by atoms with van der Waals surface area (Å²) in [6.45, 7) is 3.68. The van der Waals surface area contributed by atoms with Crippen LogP contribution in [0.4, 0.5) is 0 Å². The van der Waals surface area contributed by atoms with Crippen LogP contribution in [-0.2, 0) is 0 Å². The van der Waals surface area contributed by atoms with Gasteiger partial charge in [0.05, 0.1) is 0 Å². The first kappa shape index (κ1) is 12.8. The number of pyridine rings is 1. The molecule has 0 radical (unpaired) electrons. The second kappa shape index (κ2) is 6.35. The van der Waals surface area contributed by atoms with Crippen molar-refractivity contribution in [2.24, 2.45) is 0 Å². The maximum Gasteiger partial charge on any atom is 0.273 e. The molecule has 1 amide bonds. The van der Waals surface area contributed by atoms with Crippen LogP contribution in [0, 0.1) is 0 Å². The quantitative estimate of drug-likeness (QED) is 0.835. The van der Waals surface area contributed by atoms with E-state index >= 15 is 0 Å². The van der Waals surface area contributed by atoms with Crippen molar-refractivity contribution in [3.8, 4) is 5.75 Å². The first-order chi connectivity index (χ1) is 8.77. The van der Waals surface area contributed by atoms with Gasteiger partial charge in [-0.1, -0.05) is 6.42 Å². The van der Waals surface area contributed by atoms with Crippen molar-refractivity contribution < 1.29 is 9.90 Å². The molecule has 2 heterocycles. The van der Waals surface area contributed by atoms with Crippen molar-refractivity contribution in [3.05, 3.63) is 24.0 Å². The third kappa shape index (κ3) is 3.43. The molecule has 98 valence electrons. The van der Waals surface area contributed by atoms with Crippen molar-refractivity contribution in [2.75, 3.05) is 26.2 Å². The first-order valence-electron chi connectivity index (χ1n) is 6.42. The lowest BCUT2D eigenvalue weighted by atomic mass is 10.1. The third-order valence-corrected chi connectivity index (χ3v) is 3.16. The van der Waals surface area contributed by atoms with Crippen molar-refractivity contribution in [3.63, 3.8) is 0 Å². The molecule has 5 heteroatoms. The average Bonchev–Trinajstić information content (AvgIpc) is 2.40. The molecule has 1 aliphatic rings. The Morgan fingerprint density at radius 1 is 1.39 bits per heavy atom. The molecule has 1 saturated heterocycles. The molecule has 0 atom stereocenters. The van der Waals surface area contributed by atoms with Crippen LogP contribution in [0.3, 0.4) is 0 Å². The Morgan fingerprint density at radius 3 is 2.89 bits per heavy atom. The molecule has 1 aromatic rings. The zero-order valence-corrected chi connectivity index (χ0v) is 10.4. The Morgan fingerprint density at radius 2 is 2.17 bits per heavy atom. The lowest BCUT2D eigenvalue weighted by Crippen LogP contribution is -2.37. The predicted molar refractivity (Wildman–Crippen MR) is 68.5 cm³/mol. The van der Waals surface area contributed by atoms with Gasteiger partial charge < -0.3 is 15.3 Å². The number of hydrogen-bond donors (Lipinski definition) is 2. The van der Waals surface area contributed by atoms with E-state index in [1.807, 2.05) is 0 Å². The maximum atomic E-state index is 11.8. The average molecular weight is 249 g/mol. The van der Waals surface area contributed by atoms with E-state index < -0.39 is 0 Å². The lowest BCUT2D eigenvalue weighted by Gasteiger charge is -2.26. The van der Waals surface area contributed by atoms with Gasteiger partial charge in [-0.2, -0.15) is 0 Å².